The molecule has 25 heavy (non-hydrogen) atoms. The summed E-state index contributed by atoms with van der Waals surface area (Å²) < 4.78 is 0. The Labute approximate surface area is 150 Å². The van der Waals surface area contributed by atoms with E-state index in [1.165, 1.54) is 32.1 Å². The Bertz CT molecular complexity index is 692. The minimum absolute atomic E-state index is 0.0213. The monoisotopic (exact) mass is 340 g/mol. The van der Waals surface area contributed by atoms with Gasteiger partial charge in [0.1, 0.15) is 5.78 Å². The van der Waals surface area contributed by atoms with Crippen LogP contribution in [0.2, 0.25) is 0 Å². The molecular weight excluding hydrogens is 312 g/mol. The molecular formula is C21H28N2O2. The molecule has 1 aromatic carbocycles. The van der Waals surface area contributed by atoms with Crippen molar-refractivity contribution in [2.45, 2.75) is 64.7 Å². The third-order valence-electron chi connectivity index (χ3n) is 4.37. The fourth-order valence-electron chi connectivity index (χ4n) is 2.97. The van der Waals surface area contributed by atoms with Crippen molar-refractivity contribution in [2.24, 2.45) is 0 Å². The van der Waals surface area contributed by atoms with Gasteiger partial charge >= 0.3 is 0 Å². The zero-order valence-corrected chi connectivity index (χ0v) is 15.1. The molecule has 0 spiro atoms. The van der Waals surface area contributed by atoms with Crippen molar-refractivity contribution in [1.29, 1.82) is 0 Å². The van der Waals surface area contributed by atoms with Crippen LogP contribution in [0.5, 0.6) is 0 Å². The van der Waals surface area contributed by atoms with Crippen molar-refractivity contribution in [3.63, 3.8) is 0 Å². The van der Waals surface area contributed by atoms with Gasteiger partial charge in [-0.2, -0.15) is 0 Å². The van der Waals surface area contributed by atoms with E-state index in [0.29, 0.717) is 6.42 Å². The quantitative estimate of drug-likeness (QED) is 0.447. The second-order valence-corrected chi connectivity index (χ2v) is 6.54. The summed E-state index contributed by atoms with van der Waals surface area (Å²) >= 11 is 0. The van der Waals surface area contributed by atoms with Crippen LogP contribution in [0, 0.1) is 0 Å². The van der Waals surface area contributed by atoms with E-state index in [-0.39, 0.29) is 18.1 Å². The molecule has 0 radical (unpaired) electrons. The Morgan fingerprint density at radius 3 is 2.56 bits per heavy atom. The molecule has 1 N–H and O–H groups in total. The van der Waals surface area contributed by atoms with Gasteiger partial charge in [-0.3, -0.25) is 14.6 Å². The van der Waals surface area contributed by atoms with Crippen molar-refractivity contribution in [2.75, 3.05) is 5.32 Å². The molecule has 0 saturated heterocycles. The number of hydrogen-bond donors (Lipinski definition) is 1. The Balaban J connectivity index is 1.71. The van der Waals surface area contributed by atoms with Crippen LogP contribution < -0.4 is 5.32 Å². The third-order valence-corrected chi connectivity index (χ3v) is 4.37. The molecule has 0 aliphatic heterocycles. The average Bonchev–Trinajstić information content (AvgIpc) is 2.61. The van der Waals surface area contributed by atoms with E-state index in [4.69, 9.17) is 0 Å². The predicted octanol–water partition coefficient (Wildman–Crippen LogP) is 5.27. The van der Waals surface area contributed by atoms with E-state index < -0.39 is 0 Å². The number of unbranched alkanes of at least 4 members (excludes halogenated alkanes) is 6. The highest BCUT2D eigenvalue weighted by atomic mass is 16.2. The van der Waals surface area contributed by atoms with Crippen LogP contribution in [-0.2, 0) is 9.59 Å². The number of aromatic nitrogens is 1. The van der Waals surface area contributed by atoms with Gasteiger partial charge in [-0.05, 0) is 18.6 Å². The van der Waals surface area contributed by atoms with Crippen molar-refractivity contribution < 1.29 is 9.59 Å². The fraction of sp³-hybridized carbons (Fsp3) is 0.476. The number of carbonyl (C=O) groups is 2. The lowest BCUT2D eigenvalue weighted by Gasteiger charge is -2.08. The van der Waals surface area contributed by atoms with Gasteiger partial charge in [0.05, 0.1) is 6.42 Å². The molecule has 0 fully saturated rings. The molecule has 1 heterocycles. The van der Waals surface area contributed by atoms with Crippen molar-refractivity contribution in [3.8, 4) is 0 Å². The molecule has 4 nitrogen and oxygen atoms in total. The van der Waals surface area contributed by atoms with Crippen LogP contribution in [0.1, 0.15) is 64.7 Å². The molecule has 0 unspecified atom stereocenters. The first kappa shape index (κ1) is 19.1. The highest BCUT2D eigenvalue weighted by Gasteiger charge is 2.11. The van der Waals surface area contributed by atoms with E-state index in [2.05, 4.69) is 17.2 Å². The minimum atomic E-state index is -0.239. The van der Waals surface area contributed by atoms with Gasteiger partial charge in [0.25, 0.3) is 0 Å². The van der Waals surface area contributed by atoms with Crippen molar-refractivity contribution >= 4 is 28.2 Å². The summed E-state index contributed by atoms with van der Waals surface area (Å²) in [5.41, 5.74) is 0.730. The standard InChI is InChI=1S/C21H28N2O2/c1-2-3-4-5-6-7-8-11-18(24)15-21(25)23-20-12-9-10-17-16-22-14-13-19(17)20/h9-10,12-14,16H,2-8,11,15H2,1H3,(H,23,25). The first-order valence-corrected chi connectivity index (χ1v) is 9.35. The van der Waals surface area contributed by atoms with Gasteiger partial charge in [-0.25, -0.2) is 0 Å². The van der Waals surface area contributed by atoms with Crippen molar-refractivity contribution in [3.05, 3.63) is 36.7 Å². The van der Waals surface area contributed by atoms with Gasteiger partial charge in [0, 0.05) is 35.3 Å². The molecule has 1 amide bonds. The molecule has 0 bridgehead atoms. The smallest absolute Gasteiger partial charge is 0.231 e. The number of ketones is 1. The molecule has 0 aliphatic carbocycles. The van der Waals surface area contributed by atoms with Crippen LogP contribution in [0.25, 0.3) is 10.8 Å². The Morgan fingerprint density at radius 1 is 1.00 bits per heavy atom. The van der Waals surface area contributed by atoms with E-state index in [1.807, 2.05) is 24.3 Å². The SMILES string of the molecule is CCCCCCCCCC(=O)CC(=O)Nc1cccc2cnccc12. The topological polar surface area (TPSA) is 59.1 Å². The summed E-state index contributed by atoms with van der Waals surface area (Å²) in [7, 11) is 0. The number of pyridine rings is 1. The molecule has 0 saturated carbocycles. The van der Waals surface area contributed by atoms with E-state index in [9.17, 15) is 9.59 Å². The lowest BCUT2D eigenvalue weighted by atomic mass is 10.1. The van der Waals surface area contributed by atoms with E-state index in [0.717, 1.165) is 29.3 Å². The molecule has 1 aromatic heterocycles. The Morgan fingerprint density at radius 2 is 1.76 bits per heavy atom. The van der Waals surface area contributed by atoms with Gasteiger partial charge < -0.3 is 5.32 Å². The summed E-state index contributed by atoms with van der Waals surface area (Å²) in [5.74, 6) is -0.217. The highest BCUT2D eigenvalue weighted by molar-refractivity contribution is 6.08. The number of benzene rings is 1. The normalized spacial score (nSPS) is 10.8. The molecule has 2 rings (SSSR count). The molecule has 4 heteroatoms. The largest absolute Gasteiger partial charge is 0.325 e. The number of anilines is 1. The highest BCUT2D eigenvalue weighted by Crippen LogP contribution is 2.22. The number of carbonyl (C=O) groups excluding carboxylic acids is 2. The first-order chi connectivity index (χ1) is 12.2. The lowest BCUT2D eigenvalue weighted by Crippen LogP contribution is -2.16. The molecule has 0 atom stereocenters. The van der Waals surface area contributed by atoms with Crippen LogP contribution in [-0.4, -0.2) is 16.7 Å². The van der Waals surface area contributed by atoms with Crippen LogP contribution in [0.4, 0.5) is 5.69 Å². The average molecular weight is 340 g/mol. The number of nitrogens with zero attached hydrogens (tertiary/aromatic N) is 1. The predicted molar refractivity (Wildman–Crippen MR) is 103 cm³/mol. The zero-order chi connectivity index (χ0) is 17.9. The number of hydrogen-bond acceptors (Lipinski definition) is 3. The van der Waals surface area contributed by atoms with Gasteiger partial charge in [0.2, 0.25) is 5.91 Å². The first-order valence-electron chi connectivity index (χ1n) is 9.35. The number of amides is 1. The summed E-state index contributed by atoms with van der Waals surface area (Å²) in [6, 6.07) is 7.54. The second kappa shape index (κ2) is 10.6. The van der Waals surface area contributed by atoms with Crippen LogP contribution in [0.15, 0.2) is 36.7 Å². The van der Waals surface area contributed by atoms with Gasteiger partial charge in [-0.1, -0.05) is 57.6 Å². The maximum Gasteiger partial charge on any atom is 0.231 e. The summed E-state index contributed by atoms with van der Waals surface area (Å²) in [6.45, 7) is 2.21. The zero-order valence-electron chi connectivity index (χ0n) is 15.1. The maximum atomic E-state index is 12.1. The Kier molecular flexibility index (Phi) is 8.10. The summed E-state index contributed by atoms with van der Waals surface area (Å²) in [4.78, 5) is 28.2. The van der Waals surface area contributed by atoms with Crippen LogP contribution >= 0.6 is 0 Å². The van der Waals surface area contributed by atoms with E-state index in [1.54, 1.807) is 12.4 Å². The molecule has 0 aliphatic rings. The summed E-state index contributed by atoms with van der Waals surface area (Å²) in [6.07, 6.45) is 12.1. The second-order valence-electron chi connectivity index (χ2n) is 6.54. The van der Waals surface area contributed by atoms with E-state index >= 15 is 0 Å². The number of nitrogens with one attached hydrogen (secondary N) is 1. The molecule has 134 valence electrons. The lowest BCUT2D eigenvalue weighted by molar-refractivity contribution is -0.125. The third kappa shape index (κ3) is 6.65. The number of fused-ring (bicyclic) bond motifs is 1. The number of Topliss-reactive ketones (excluding diaryl/α,β-unsaturated/α-hetero) is 1. The number of rotatable bonds is 11. The van der Waals surface area contributed by atoms with Crippen LogP contribution in [0.3, 0.4) is 0 Å². The minimum Gasteiger partial charge on any atom is -0.325 e. The van der Waals surface area contributed by atoms with Crippen molar-refractivity contribution in [1.82, 2.24) is 4.98 Å². The molecule has 2 aromatic rings. The Hall–Kier alpha value is -2.23. The summed E-state index contributed by atoms with van der Waals surface area (Å²) in [5, 5.41) is 4.76. The maximum absolute atomic E-state index is 12.1. The van der Waals surface area contributed by atoms with Gasteiger partial charge in [-0.15, -0.1) is 0 Å². The fourth-order valence-corrected chi connectivity index (χ4v) is 2.97. The van der Waals surface area contributed by atoms with Gasteiger partial charge in [0.15, 0.2) is 0 Å².